The number of hydrogen-bond acceptors (Lipinski definition) is 6. The van der Waals surface area contributed by atoms with Crippen LogP contribution in [-0.4, -0.2) is 35.5 Å². The van der Waals surface area contributed by atoms with E-state index in [0.717, 1.165) is 13.2 Å². The molecule has 134 valence electrons. The summed E-state index contributed by atoms with van der Waals surface area (Å²) in [6.07, 6.45) is 0. The second kappa shape index (κ2) is 7.61. The minimum atomic E-state index is -4.14. The molecule has 2 rings (SSSR count). The molecule has 9 heteroatoms. The van der Waals surface area contributed by atoms with Gasteiger partial charge in [-0.2, -0.15) is 8.42 Å². The fourth-order valence-corrected chi connectivity index (χ4v) is 3.55. The van der Waals surface area contributed by atoms with Gasteiger partial charge in [0.2, 0.25) is 5.78 Å². The number of carbonyl (C=O) groups excluding carboxylic acids is 1. The molecule has 0 aliphatic rings. The Morgan fingerprint density at radius 1 is 0.920 bits per heavy atom. The third-order valence-corrected chi connectivity index (χ3v) is 5.10. The van der Waals surface area contributed by atoms with Gasteiger partial charge in [0.25, 0.3) is 10.1 Å². The summed E-state index contributed by atoms with van der Waals surface area (Å²) in [5.74, 6) is -0.475. The van der Waals surface area contributed by atoms with Gasteiger partial charge in [-0.25, -0.2) is 0 Å². The quantitative estimate of drug-likeness (QED) is 0.540. The first-order valence-electron chi connectivity index (χ1n) is 6.81. The summed E-state index contributed by atoms with van der Waals surface area (Å²) >= 11 is 11.9. The Kier molecular flexibility index (Phi) is 5.95. The molecule has 0 N–H and O–H groups in total. The normalized spacial score (nSPS) is 11.2. The van der Waals surface area contributed by atoms with Gasteiger partial charge in [-0.15, -0.1) is 0 Å². The van der Waals surface area contributed by atoms with Gasteiger partial charge in [-0.05, 0) is 30.3 Å². The number of benzene rings is 2. The van der Waals surface area contributed by atoms with Crippen LogP contribution in [0.5, 0.6) is 11.5 Å². The van der Waals surface area contributed by atoms with E-state index >= 15 is 0 Å². The van der Waals surface area contributed by atoms with Crippen LogP contribution in [0.3, 0.4) is 0 Å². The summed E-state index contributed by atoms with van der Waals surface area (Å²) in [5, 5.41) is 0.343. The minimum absolute atomic E-state index is 0.0285. The van der Waals surface area contributed by atoms with Crippen molar-refractivity contribution < 1.29 is 26.9 Å². The SMILES string of the molecule is COc1ccc(Cl)cc1C(=O)c1cc(Cl)cc(S(=O)(=O)OC)c1OC. The lowest BCUT2D eigenvalue weighted by Crippen LogP contribution is -2.11. The van der Waals surface area contributed by atoms with Gasteiger partial charge in [0.15, 0.2) is 5.75 Å². The van der Waals surface area contributed by atoms with Crippen molar-refractivity contribution in [2.24, 2.45) is 0 Å². The molecule has 0 atom stereocenters. The van der Waals surface area contributed by atoms with Crippen molar-refractivity contribution >= 4 is 39.1 Å². The van der Waals surface area contributed by atoms with Crippen LogP contribution in [0.25, 0.3) is 0 Å². The van der Waals surface area contributed by atoms with Crippen LogP contribution < -0.4 is 9.47 Å². The smallest absolute Gasteiger partial charge is 0.300 e. The molecule has 0 unspecified atom stereocenters. The third-order valence-electron chi connectivity index (χ3n) is 3.36. The molecule has 2 aromatic carbocycles. The number of rotatable bonds is 6. The van der Waals surface area contributed by atoms with E-state index in [1.165, 1.54) is 32.4 Å². The molecule has 0 aliphatic carbocycles. The van der Waals surface area contributed by atoms with Crippen molar-refractivity contribution in [2.75, 3.05) is 21.3 Å². The second-order valence-electron chi connectivity index (χ2n) is 4.78. The van der Waals surface area contributed by atoms with Crippen molar-refractivity contribution in [3.63, 3.8) is 0 Å². The van der Waals surface area contributed by atoms with Gasteiger partial charge in [0, 0.05) is 10.0 Å². The van der Waals surface area contributed by atoms with E-state index in [1.807, 2.05) is 0 Å². The molecular weight excluding hydrogens is 391 g/mol. The van der Waals surface area contributed by atoms with Crippen LogP contribution in [-0.2, 0) is 14.3 Å². The Labute approximate surface area is 155 Å². The number of carbonyl (C=O) groups is 1. The summed E-state index contributed by atoms with van der Waals surface area (Å²) in [6.45, 7) is 0. The Balaban J connectivity index is 2.75. The zero-order chi connectivity index (χ0) is 18.8. The van der Waals surface area contributed by atoms with Crippen molar-refractivity contribution in [1.82, 2.24) is 0 Å². The maximum Gasteiger partial charge on any atom is 0.300 e. The number of hydrogen-bond donors (Lipinski definition) is 0. The molecule has 0 saturated carbocycles. The molecule has 6 nitrogen and oxygen atoms in total. The lowest BCUT2D eigenvalue weighted by Gasteiger charge is -2.14. The summed E-state index contributed by atoms with van der Waals surface area (Å²) in [6, 6.07) is 6.95. The van der Waals surface area contributed by atoms with Crippen LogP contribution in [0, 0.1) is 0 Å². The van der Waals surface area contributed by atoms with E-state index in [-0.39, 0.29) is 32.5 Å². The molecule has 0 spiro atoms. The van der Waals surface area contributed by atoms with Gasteiger partial charge in [-0.3, -0.25) is 8.98 Å². The highest BCUT2D eigenvalue weighted by atomic mass is 35.5. The van der Waals surface area contributed by atoms with E-state index in [9.17, 15) is 13.2 Å². The van der Waals surface area contributed by atoms with Gasteiger partial charge < -0.3 is 9.47 Å². The fraction of sp³-hybridized carbons (Fsp3) is 0.188. The number of ether oxygens (including phenoxy) is 2. The maximum atomic E-state index is 13.0. The highest BCUT2D eigenvalue weighted by Crippen LogP contribution is 2.36. The molecule has 0 aromatic heterocycles. The predicted molar refractivity (Wildman–Crippen MR) is 93.6 cm³/mol. The van der Waals surface area contributed by atoms with Crippen molar-refractivity contribution in [2.45, 2.75) is 4.90 Å². The van der Waals surface area contributed by atoms with Crippen molar-refractivity contribution in [3.05, 3.63) is 51.5 Å². The van der Waals surface area contributed by atoms with Gasteiger partial charge in [0.05, 0.1) is 32.5 Å². The maximum absolute atomic E-state index is 13.0. The average molecular weight is 405 g/mol. The minimum Gasteiger partial charge on any atom is -0.496 e. The molecule has 2 aromatic rings. The lowest BCUT2D eigenvalue weighted by atomic mass is 10.0. The van der Waals surface area contributed by atoms with Gasteiger partial charge in [-0.1, -0.05) is 23.2 Å². The van der Waals surface area contributed by atoms with E-state index in [0.29, 0.717) is 5.02 Å². The Morgan fingerprint density at radius 3 is 2.12 bits per heavy atom. The fourth-order valence-electron chi connectivity index (χ4n) is 2.23. The summed E-state index contributed by atoms with van der Waals surface area (Å²) in [4.78, 5) is 12.6. The molecule has 0 saturated heterocycles. The zero-order valence-electron chi connectivity index (χ0n) is 13.5. The molecule has 0 bridgehead atoms. The first-order chi connectivity index (χ1) is 11.7. The summed E-state index contributed by atoms with van der Waals surface area (Å²) in [5.41, 5.74) is 0.0718. The van der Waals surface area contributed by atoms with Crippen LogP contribution in [0.4, 0.5) is 0 Å². The molecule has 0 fully saturated rings. The Bertz CT molecular complexity index is 924. The highest BCUT2D eigenvalue weighted by molar-refractivity contribution is 7.86. The molecular formula is C16H14Cl2O6S. The number of methoxy groups -OCH3 is 2. The van der Waals surface area contributed by atoms with Crippen LogP contribution in [0.2, 0.25) is 10.0 Å². The monoisotopic (exact) mass is 404 g/mol. The number of ketones is 1. The first-order valence-corrected chi connectivity index (χ1v) is 8.98. The van der Waals surface area contributed by atoms with Gasteiger partial charge in [0.1, 0.15) is 10.6 Å². The lowest BCUT2D eigenvalue weighted by molar-refractivity contribution is 0.103. The highest BCUT2D eigenvalue weighted by Gasteiger charge is 2.27. The summed E-state index contributed by atoms with van der Waals surface area (Å²) in [7, 11) is -0.508. The van der Waals surface area contributed by atoms with Crippen LogP contribution in [0.15, 0.2) is 35.2 Å². The van der Waals surface area contributed by atoms with Crippen LogP contribution in [0.1, 0.15) is 15.9 Å². The van der Waals surface area contributed by atoms with Crippen molar-refractivity contribution in [1.29, 1.82) is 0 Å². The molecule has 0 aliphatic heterocycles. The van der Waals surface area contributed by atoms with Crippen LogP contribution >= 0.6 is 23.2 Å². The second-order valence-corrected chi connectivity index (χ2v) is 7.33. The van der Waals surface area contributed by atoms with Crippen molar-refractivity contribution in [3.8, 4) is 11.5 Å². The molecule has 0 heterocycles. The average Bonchev–Trinajstić information content (AvgIpc) is 2.60. The van der Waals surface area contributed by atoms with E-state index in [4.69, 9.17) is 32.7 Å². The largest absolute Gasteiger partial charge is 0.496 e. The molecule has 0 amide bonds. The Morgan fingerprint density at radius 2 is 1.56 bits per heavy atom. The number of halogens is 2. The standard InChI is InChI=1S/C16H14Cl2O6S/c1-22-13-5-4-9(17)6-11(13)15(19)12-7-10(18)8-14(16(12)23-2)25(20,21)24-3/h4-8H,1-3H3. The topological polar surface area (TPSA) is 78.9 Å². The van der Waals surface area contributed by atoms with E-state index < -0.39 is 15.9 Å². The third kappa shape index (κ3) is 3.90. The van der Waals surface area contributed by atoms with E-state index in [2.05, 4.69) is 4.18 Å². The van der Waals surface area contributed by atoms with E-state index in [1.54, 1.807) is 6.07 Å². The zero-order valence-corrected chi connectivity index (χ0v) is 15.8. The van der Waals surface area contributed by atoms with Gasteiger partial charge >= 0.3 is 0 Å². The molecule has 0 radical (unpaired) electrons. The Hall–Kier alpha value is -1.80. The molecule has 25 heavy (non-hydrogen) atoms. The first kappa shape index (κ1) is 19.5. The predicted octanol–water partition coefficient (Wildman–Crippen LogP) is 3.58. The summed E-state index contributed by atoms with van der Waals surface area (Å²) < 4.78 is 39.0.